The van der Waals surface area contributed by atoms with E-state index in [2.05, 4.69) is 20.6 Å². The molecule has 20 heavy (non-hydrogen) atoms. The van der Waals surface area contributed by atoms with Gasteiger partial charge in [-0.3, -0.25) is 14.6 Å². The minimum Gasteiger partial charge on any atom is -0.304 e. The third-order valence-corrected chi connectivity index (χ3v) is 3.19. The first kappa shape index (κ1) is 12.4. The number of rotatable bonds is 3. The van der Waals surface area contributed by atoms with Gasteiger partial charge in [0.05, 0.1) is 16.8 Å². The highest BCUT2D eigenvalue weighted by molar-refractivity contribution is 6.08. The van der Waals surface area contributed by atoms with Gasteiger partial charge in [0.1, 0.15) is 0 Å². The smallest absolute Gasteiger partial charge is 0.260 e. The number of hydrogen-bond donors (Lipinski definition) is 2. The number of benzene rings is 1. The summed E-state index contributed by atoms with van der Waals surface area (Å²) in [6.07, 6.45) is 2.44. The van der Waals surface area contributed by atoms with Crippen molar-refractivity contribution in [2.45, 2.75) is 13.3 Å². The normalized spacial score (nSPS) is 10.9. The highest BCUT2D eigenvalue weighted by Gasteiger charge is 2.16. The summed E-state index contributed by atoms with van der Waals surface area (Å²) in [7, 11) is 1.81. The molecule has 0 spiro atoms. The van der Waals surface area contributed by atoms with Crippen LogP contribution in [0.1, 0.15) is 23.0 Å². The van der Waals surface area contributed by atoms with E-state index in [0.717, 1.165) is 16.6 Å². The Morgan fingerprint density at radius 3 is 3.00 bits per heavy atom. The number of H-pyrrole nitrogens is 1. The van der Waals surface area contributed by atoms with Crippen LogP contribution in [0.2, 0.25) is 0 Å². The number of aromatic amines is 1. The van der Waals surface area contributed by atoms with E-state index in [-0.39, 0.29) is 5.91 Å². The Kier molecular flexibility index (Phi) is 2.98. The fourth-order valence-electron chi connectivity index (χ4n) is 2.22. The minimum absolute atomic E-state index is 0.188. The Morgan fingerprint density at radius 1 is 1.40 bits per heavy atom. The van der Waals surface area contributed by atoms with Crippen molar-refractivity contribution in [3.05, 3.63) is 41.7 Å². The second-order valence-electron chi connectivity index (χ2n) is 4.59. The zero-order chi connectivity index (χ0) is 14.1. The van der Waals surface area contributed by atoms with Gasteiger partial charge in [-0.1, -0.05) is 19.1 Å². The molecule has 0 saturated heterocycles. The molecule has 0 atom stereocenters. The lowest BCUT2D eigenvalue weighted by Gasteiger charge is -2.01. The first-order chi connectivity index (χ1) is 9.69. The first-order valence-electron chi connectivity index (χ1n) is 6.46. The maximum atomic E-state index is 12.3. The minimum atomic E-state index is -0.188. The zero-order valence-electron chi connectivity index (χ0n) is 11.3. The summed E-state index contributed by atoms with van der Waals surface area (Å²) in [5.74, 6) is 0.351. The van der Waals surface area contributed by atoms with Crippen molar-refractivity contribution >= 4 is 22.6 Å². The van der Waals surface area contributed by atoms with E-state index in [0.29, 0.717) is 17.8 Å². The Balaban J connectivity index is 1.92. The summed E-state index contributed by atoms with van der Waals surface area (Å²) >= 11 is 0. The lowest BCUT2D eigenvalue weighted by molar-refractivity contribution is 0.102. The van der Waals surface area contributed by atoms with Crippen LogP contribution >= 0.6 is 0 Å². The molecule has 2 aromatic heterocycles. The van der Waals surface area contributed by atoms with Crippen molar-refractivity contribution in [3.8, 4) is 0 Å². The van der Waals surface area contributed by atoms with Crippen LogP contribution in [-0.4, -0.2) is 25.9 Å². The van der Waals surface area contributed by atoms with Crippen LogP contribution < -0.4 is 5.32 Å². The highest BCUT2D eigenvalue weighted by Crippen LogP contribution is 2.20. The molecule has 0 aliphatic heterocycles. The summed E-state index contributed by atoms with van der Waals surface area (Å²) in [5, 5.41) is 15.0. The van der Waals surface area contributed by atoms with E-state index in [9.17, 15) is 4.79 Å². The fraction of sp³-hybridized carbons (Fsp3) is 0.214. The highest BCUT2D eigenvalue weighted by atomic mass is 16.1. The van der Waals surface area contributed by atoms with Gasteiger partial charge in [0, 0.05) is 18.6 Å². The number of anilines is 1. The molecule has 6 heteroatoms. The van der Waals surface area contributed by atoms with Gasteiger partial charge in [-0.15, -0.1) is 0 Å². The van der Waals surface area contributed by atoms with Crippen molar-refractivity contribution in [2.75, 3.05) is 5.32 Å². The monoisotopic (exact) mass is 269 g/mol. The number of nitrogens with one attached hydrogen (secondary N) is 2. The lowest BCUT2D eigenvalue weighted by Crippen LogP contribution is -2.13. The van der Waals surface area contributed by atoms with E-state index >= 15 is 0 Å². The van der Waals surface area contributed by atoms with Gasteiger partial charge in [-0.2, -0.15) is 10.2 Å². The molecule has 0 bridgehead atoms. The molecule has 3 aromatic rings. The molecule has 0 unspecified atom stereocenters. The second-order valence-corrected chi connectivity index (χ2v) is 4.59. The molecule has 0 saturated carbocycles. The lowest BCUT2D eigenvalue weighted by atomic mass is 10.2. The summed E-state index contributed by atoms with van der Waals surface area (Å²) < 4.78 is 1.65. The maximum absolute atomic E-state index is 12.3. The van der Waals surface area contributed by atoms with Crippen LogP contribution in [0, 0.1) is 0 Å². The average Bonchev–Trinajstić information content (AvgIpc) is 3.03. The molecule has 0 aliphatic carbocycles. The van der Waals surface area contributed by atoms with Gasteiger partial charge in [-0.25, -0.2) is 0 Å². The van der Waals surface area contributed by atoms with Crippen molar-refractivity contribution in [3.63, 3.8) is 0 Å². The number of amides is 1. The average molecular weight is 269 g/mol. The summed E-state index contributed by atoms with van der Waals surface area (Å²) in [6.45, 7) is 1.98. The topological polar surface area (TPSA) is 75.6 Å². The third-order valence-electron chi connectivity index (χ3n) is 3.19. The van der Waals surface area contributed by atoms with Crippen LogP contribution in [0.5, 0.6) is 0 Å². The number of nitrogens with zero attached hydrogens (tertiary/aromatic N) is 3. The Bertz CT molecular complexity index is 771. The number of carbonyl (C=O) groups excluding carboxylic acids is 1. The number of aromatic nitrogens is 4. The van der Waals surface area contributed by atoms with E-state index in [1.54, 1.807) is 17.9 Å². The standard InChI is InChI=1S/C14H15N5O/c1-3-11-10(8-19(2)18-11)14(20)15-13-9-6-4-5-7-12(9)16-17-13/h4-8H,3H2,1-2H3,(H2,15,16,17,20). The number of para-hydroxylation sites is 1. The van der Waals surface area contributed by atoms with Crippen LogP contribution in [0.3, 0.4) is 0 Å². The third kappa shape index (κ3) is 2.05. The van der Waals surface area contributed by atoms with E-state index in [1.165, 1.54) is 0 Å². The van der Waals surface area contributed by atoms with Crippen LogP contribution in [0.25, 0.3) is 10.9 Å². The predicted octanol–water partition coefficient (Wildman–Crippen LogP) is 2.11. The SMILES string of the molecule is CCc1nn(C)cc1C(=O)Nc1n[nH]c2ccccc12. The molecule has 2 heterocycles. The van der Waals surface area contributed by atoms with Crippen molar-refractivity contribution in [2.24, 2.45) is 7.05 Å². The molecule has 6 nitrogen and oxygen atoms in total. The Morgan fingerprint density at radius 2 is 2.20 bits per heavy atom. The largest absolute Gasteiger partial charge is 0.304 e. The molecular weight excluding hydrogens is 254 g/mol. The number of aryl methyl sites for hydroxylation is 2. The van der Waals surface area contributed by atoms with Gasteiger partial charge in [0.25, 0.3) is 5.91 Å². The van der Waals surface area contributed by atoms with Gasteiger partial charge >= 0.3 is 0 Å². The van der Waals surface area contributed by atoms with Crippen molar-refractivity contribution in [1.82, 2.24) is 20.0 Å². The predicted molar refractivity (Wildman–Crippen MR) is 76.6 cm³/mol. The quantitative estimate of drug-likeness (QED) is 0.764. The van der Waals surface area contributed by atoms with Gasteiger partial charge in [0.15, 0.2) is 5.82 Å². The van der Waals surface area contributed by atoms with Gasteiger partial charge in [0.2, 0.25) is 0 Å². The number of hydrogen-bond acceptors (Lipinski definition) is 3. The van der Waals surface area contributed by atoms with Crippen LogP contribution in [0.15, 0.2) is 30.5 Å². The summed E-state index contributed by atoms with van der Waals surface area (Å²) in [5.41, 5.74) is 2.26. The van der Waals surface area contributed by atoms with E-state index < -0.39 is 0 Å². The number of fused-ring (bicyclic) bond motifs is 1. The first-order valence-corrected chi connectivity index (χ1v) is 6.46. The fourth-order valence-corrected chi connectivity index (χ4v) is 2.22. The van der Waals surface area contributed by atoms with Crippen molar-refractivity contribution < 1.29 is 4.79 Å². The van der Waals surface area contributed by atoms with E-state index in [1.807, 2.05) is 31.2 Å². The molecular formula is C14H15N5O. The second kappa shape index (κ2) is 4.80. The molecule has 2 N–H and O–H groups in total. The molecule has 0 radical (unpaired) electrons. The molecule has 0 fully saturated rings. The number of carbonyl (C=O) groups is 1. The van der Waals surface area contributed by atoms with Crippen molar-refractivity contribution in [1.29, 1.82) is 0 Å². The maximum Gasteiger partial charge on any atom is 0.260 e. The Labute approximate surface area is 115 Å². The van der Waals surface area contributed by atoms with Crippen LogP contribution in [-0.2, 0) is 13.5 Å². The molecule has 3 rings (SSSR count). The van der Waals surface area contributed by atoms with Gasteiger partial charge < -0.3 is 5.32 Å². The molecule has 1 aromatic carbocycles. The molecule has 102 valence electrons. The van der Waals surface area contributed by atoms with E-state index in [4.69, 9.17) is 0 Å². The molecule has 0 aliphatic rings. The summed E-state index contributed by atoms with van der Waals surface area (Å²) in [4.78, 5) is 12.3. The molecule has 1 amide bonds. The Hall–Kier alpha value is -2.63. The van der Waals surface area contributed by atoms with Gasteiger partial charge in [-0.05, 0) is 18.6 Å². The summed E-state index contributed by atoms with van der Waals surface area (Å²) in [6, 6.07) is 7.66. The zero-order valence-corrected chi connectivity index (χ0v) is 11.3. The van der Waals surface area contributed by atoms with Crippen LogP contribution in [0.4, 0.5) is 5.82 Å².